The monoisotopic (exact) mass is 290 g/mol. The maximum absolute atomic E-state index is 6.06. The van der Waals surface area contributed by atoms with Crippen molar-refractivity contribution in [2.75, 3.05) is 6.61 Å². The molecule has 0 radical (unpaired) electrons. The summed E-state index contributed by atoms with van der Waals surface area (Å²) in [5, 5.41) is 3.85. The Morgan fingerprint density at radius 3 is 3.07 bits per heavy atom. The summed E-state index contributed by atoms with van der Waals surface area (Å²) >= 11 is 11.2. The molecule has 0 atom stereocenters. The van der Waals surface area contributed by atoms with Crippen molar-refractivity contribution in [2.24, 2.45) is 0 Å². The molecule has 0 spiro atoms. The Balaban J connectivity index is 2.71. The maximum Gasteiger partial charge on any atom is 0.138 e. The van der Waals surface area contributed by atoms with Crippen molar-refractivity contribution in [3.05, 3.63) is 27.0 Å². The predicted molar refractivity (Wildman–Crippen MR) is 65.7 cm³/mol. The predicted octanol–water partition coefficient (Wildman–Crippen LogP) is 4.72. The smallest absolute Gasteiger partial charge is 0.138 e. The molecule has 1 nitrogen and oxygen atoms in total. The fraction of sp³-hybridized carbons (Fsp3) is 0.200. The van der Waals surface area contributed by atoms with Crippen LogP contribution < -0.4 is 4.74 Å². The van der Waals surface area contributed by atoms with Crippen molar-refractivity contribution in [1.29, 1.82) is 0 Å². The van der Waals surface area contributed by atoms with Crippen molar-refractivity contribution in [3.8, 4) is 5.75 Å². The van der Waals surface area contributed by atoms with Gasteiger partial charge >= 0.3 is 0 Å². The third kappa shape index (κ3) is 1.64. The van der Waals surface area contributed by atoms with Gasteiger partial charge in [0.15, 0.2) is 0 Å². The Hall–Kier alpha value is -0.250. The summed E-state index contributed by atoms with van der Waals surface area (Å²) in [6.45, 7) is 2.63. The second-order valence-electron chi connectivity index (χ2n) is 2.77. The largest absolute Gasteiger partial charge is 0.492 e. The first kappa shape index (κ1) is 10.3. The van der Waals surface area contributed by atoms with E-state index in [1.165, 1.54) is 0 Å². The molecule has 1 heterocycles. The lowest BCUT2D eigenvalue weighted by Gasteiger charge is -2.06. The van der Waals surface area contributed by atoms with Crippen molar-refractivity contribution in [2.45, 2.75) is 6.92 Å². The van der Waals surface area contributed by atoms with Gasteiger partial charge in [0.05, 0.1) is 16.3 Å². The molecule has 0 saturated carbocycles. The average molecular weight is 292 g/mol. The van der Waals surface area contributed by atoms with E-state index in [-0.39, 0.29) is 0 Å². The molecule has 0 amide bonds. The molecule has 0 N–H and O–H groups in total. The van der Waals surface area contributed by atoms with E-state index in [9.17, 15) is 0 Å². The zero-order chi connectivity index (χ0) is 10.1. The summed E-state index contributed by atoms with van der Waals surface area (Å²) in [4.78, 5) is 0. The van der Waals surface area contributed by atoms with Crippen molar-refractivity contribution < 1.29 is 4.74 Å². The Labute approximate surface area is 99.8 Å². The number of halogens is 2. The molecule has 0 saturated heterocycles. The Morgan fingerprint density at radius 1 is 1.57 bits per heavy atom. The number of hydrogen-bond donors (Lipinski definition) is 0. The highest BCUT2D eigenvalue weighted by atomic mass is 79.9. The Morgan fingerprint density at radius 2 is 2.36 bits per heavy atom. The molecule has 0 aliphatic carbocycles. The van der Waals surface area contributed by atoms with Crippen LogP contribution >= 0.6 is 38.9 Å². The van der Waals surface area contributed by atoms with Crippen LogP contribution in [0.25, 0.3) is 10.1 Å². The first-order chi connectivity index (χ1) is 6.74. The first-order valence-corrected chi connectivity index (χ1v) is 6.27. The quantitative estimate of drug-likeness (QED) is 0.778. The van der Waals surface area contributed by atoms with Gasteiger partial charge in [-0.2, -0.15) is 0 Å². The number of fused-ring (bicyclic) bond motifs is 1. The van der Waals surface area contributed by atoms with Gasteiger partial charge in [-0.25, -0.2) is 0 Å². The van der Waals surface area contributed by atoms with Crippen LogP contribution in [-0.4, -0.2) is 6.61 Å². The number of hydrogen-bond acceptors (Lipinski definition) is 2. The summed E-state index contributed by atoms with van der Waals surface area (Å²) < 4.78 is 7.60. The fourth-order valence-electron chi connectivity index (χ4n) is 1.31. The number of thiophene rings is 1. The molecular weight excluding hydrogens is 284 g/mol. The second-order valence-corrected chi connectivity index (χ2v) is 4.88. The molecule has 0 bridgehead atoms. The lowest BCUT2D eigenvalue weighted by molar-refractivity contribution is 0.345. The minimum absolute atomic E-state index is 0.658. The highest BCUT2D eigenvalue weighted by molar-refractivity contribution is 9.10. The molecule has 1 aromatic carbocycles. The van der Waals surface area contributed by atoms with E-state index in [2.05, 4.69) is 15.9 Å². The van der Waals surface area contributed by atoms with Crippen LogP contribution in [0, 0.1) is 0 Å². The van der Waals surface area contributed by atoms with Gasteiger partial charge in [0, 0.05) is 15.9 Å². The Bertz CT molecular complexity index is 466. The van der Waals surface area contributed by atoms with Crippen LogP contribution in [0.2, 0.25) is 5.02 Å². The van der Waals surface area contributed by atoms with Crippen LogP contribution in [0.15, 0.2) is 22.0 Å². The van der Waals surface area contributed by atoms with Crippen molar-refractivity contribution >= 4 is 49.0 Å². The van der Waals surface area contributed by atoms with Gasteiger partial charge in [0.1, 0.15) is 5.75 Å². The molecule has 74 valence electrons. The minimum Gasteiger partial charge on any atom is -0.492 e. The summed E-state index contributed by atoms with van der Waals surface area (Å²) in [6, 6.07) is 3.90. The van der Waals surface area contributed by atoms with Gasteiger partial charge in [-0.3, -0.25) is 0 Å². The van der Waals surface area contributed by atoms with Crippen LogP contribution in [0.4, 0.5) is 0 Å². The summed E-state index contributed by atoms with van der Waals surface area (Å²) in [7, 11) is 0. The molecule has 1 aromatic heterocycles. The van der Waals surface area contributed by atoms with E-state index in [0.717, 1.165) is 20.3 Å². The molecule has 2 rings (SSSR count). The Kier molecular flexibility index (Phi) is 3.00. The van der Waals surface area contributed by atoms with E-state index in [1.807, 2.05) is 24.4 Å². The third-order valence-electron chi connectivity index (χ3n) is 1.89. The van der Waals surface area contributed by atoms with E-state index >= 15 is 0 Å². The fourth-order valence-corrected chi connectivity index (χ4v) is 2.96. The summed E-state index contributed by atoms with van der Waals surface area (Å²) in [6.07, 6.45) is 0. The average Bonchev–Trinajstić information content (AvgIpc) is 2.63. The van der Waals surface area contributed by atoms with Crippen LogP contribution in [0.1, 0.15) is 6.92 Å². The normalized spacial score (nSPS) is 10.8. The molecular formula is C10H8BrClOS. The molecule has 0 fully saturated rings. The van der Waals surface area contributed by atoms with Gasteiger partial charge in [0.25, 0.3) is 0 Å². The van der Waals surface area contributed by atoms with E-state index in [1.54, 1.807) is 11.3 Å². The van der Waals surface area contributed by atoms with Gasteiger partial charge in [0.2, 0.25) is 0 Å². The van der Waals surface area contributed by atoms with Crippen molar-refractivity contribution in [3.63, 3.8) is 0 Å². The second kappa shape index (κ2) is 4.09. The van der Waals surface area contributed by atoms with Crippen LogP contribution in [0.3, 0.4) is 0 Å². The number of benzene rings is 1. The molecule has 0 unspecified atom stereocenters. The lowest BCUT2D eigenvalue weighted by Crippen LogP contribution is -1.91. The van der Waals surface area contributed by atoms with E-state index in [4.69, 9.17) is 16.3 Å². The molecule has 0 aliphatic rings. The zero-order valence-corrected chi connectivity index (χ0v) is 10.7. The summed E-state index contributed by atoms with van der Waals surface area (Å²) in [5.41, 5.74) is 0. The van der Waals surface area contributed by atoms with Gasteiger partial charge < -0.3 is 4.74 Å². The molecule has 4 heteroatoms. The van der Waals surface area contributed by atoms with Crippen LogP contribution in [0.5, 0.6) is 5.75 Å². The first-order valence-electron chi connectivity index (χ1n) is 4.22. The molecule has 2 aromatic rings. The van der Waals surface area contributed by atoms with Gasteiger partial charge in [-0.05, 0) is 34.3 Å². The SMILES string of the molecule is CCOc1cc(Cl)c(Br)c2ccsc12. The topological polar surface area (TPSA) is 9.23 Å². The third-order valence-corrected chi connectivity index (χ3v) is 4.20. The van der Waals surface area contributed by atoms with Gasteiger partial charge in [-0.15, -0.1) is 11.3 Å². The maximum atomic E-state index is 6.06. The lowest BCUT2D eigenvalue weighted by atomic mass is 10.2. The minimum atomic E-state index is 0.658. The number of rotatable bonds is 2. The van der Waals surface area contributed by atoms with E-state index in [0.29, 0.717) is 11.6 Å². The van der Waals surface area contributed by atoms with E-state index < -0.39 is 0 Å². The highest BCUT2D eigenvalue weighted by Crippen LogP contribution is 2.40. The van der Waals surface area contributed by atoms with Crippen molar-refractivity contribution in [1.82, 2.24) is 0 Å². The molecule has 0 aliphatic heterocycles. The van der Waals surface area contributed by atoms with Crippen LogP contribution in [-0.2, 0) is 0 Å². The zero-order valence-electron chi connectivity index (χ0n) is 7.51. The standard InChI is InChI=1S/C10H8BrClOS/c1-2-13-8-5-7(12)9(11)6-3-4-14-10(6)8/h3-5H,2H2,1H3. The van der Waals surface area contributed by atoms with Gasteiger partial charge in [-0.1, -0.05) is 11.6 Å². The molecule has 14 heavy (non-hydrogen) atoms. The summed E-state index contributed by atoms with van der Waals surface area (Å²) in [5.74, 6) is 0.866. The number of ether oxygens (including phenoxy) is 1. The highest BCUT2D eigenvalue weighted by Gasteiger charge is 2.10.